The first-order valence-electron chi connectivity index (χ1n) is 9.87. The molecule has 28 heavy (non-hydrogen) atoms. The summed E-state index contributed by atoms with van der Waals surface area (Å²) in [5.41, 5.74) is 3.54. The van der Waals surface area contributed by atoms with Crippen LogP contribution in [-0.4, -0.2) is 41.1 Å². The van der Waals surface area contributed by atoms with Gasteiger partial charge in [-0.1, -0.05) is 73.5 Å². The molecule has 1 aliphatic heterocycles. The van der Waals surface area contributed by atoms with E-state index in [1.807, 2.05) is 29.2 Å². The van der Waals surface area contributed by atoms with Crippen molar-refractivity contribution in [1.29, 1.82) is 0 Å². The molecule has 1 unspecified atom stereocenters. The highest BCUT2D eigenvalue weighted by Crippen LogP contribution is 2.40. The van der Waals surface area contributed by atoms with Crippen LogP contribution in [0.3, 0.4) is 0 Å². The third-order valence-electron chi connectivity index (χ3n) is 4.89. The number of amides is 1. The highest BCUT2D eigenvalue weighted by molar-refractivity contribution is 7.99. The Kier molecular flexibility index (Phi) is 7.44. The standard InChI is InChI=1S/C23H29ClN2OS/c1-17(2)14-25(15-19-10-8-18(3)9-11-19)16-22(27)26-12-13-28-23(26)20-6-4-5-7-21(20)24/h4-11,17,23H,12-16H2,1-3H3. The Morgan fingerprint density at radius 1 is 1.21 bits per heavy atom. The minimum Gasteiger partial charge on any atom is -0.325 e. The number of carbonyl (C=O) groups is 1. The molecule has 2 aromatic rings. The zero-order valence-electron chi connectivity index (χ0n) is 16.9. The van der Waals surface area contributed by atoms with E-state index in [4.69, 9.17) is 11.6 Å². The lowest BCUT2D eigenvalue weighted by Crippen LogP contribution is -2.41. The van der Waals surface area contributed by atoms with Crippen LogP contribution in [-0.2, 0) is 11.3 Å². The van der Waals surface area contributed by atoms with Gasteiger partial charge in [0.15, 0.2) is 0 Å². The fourth-order valence-electron chi connectivity index (χ4n) is 3.59. The first kappa shape index (κ1) is 21.2. The van der Waals surface area contributed by atoms with Crippen LogP contribution >= 0.6 is 23.4 Å². The second-order valence-corrected chi connectivity index (χ2v) is 9.48. The van der Waals surface area contributed by atoms with Crippen LogP contribution in [0.4, 0.5) is 0 Å². The summed E-state index contributed by atoms with van der Waals surface area (Å²) >= 11 is 8.20. The fraction of sp³-hybridized carbons (Fsp3) is 0.435. The highest BCUT2D eigenvalue weighted by Gasteiger charge is 2.32. The number of hydrogen-bond donors (Lipinski definition) is 0. The molecule has 0 aromatic heterocycles. The Hall–Kier alpha value is -1.49. The van der Waals surface area contributed by atoms with E-state index in [-0.39, 0.29) is 11.3 Å². The molecule has 0 radical (unpaired) electrons. The van der Waals surface area contributed by atoms with Gasteiger partial charge in [-0.2, -0.15) is 0 Å². The lowest BCUT2D eigenvalue weighted by molar-refractivity contribution is -0.132. The van der Waals surface area contributed by atoms with Crippen molar-refractivity contribution in [3.63, 3.8) is 0 Å². The first-order chi connectivity index (χ1) is 13.4. The van der Waals surface area contributed by atoms with Crippen molar-refractivity contribution < 1.29 is 4.79 Å². The van der Waals surface area contributed by atoms with Gasteiger partial charge in [0, 0.05) is 36.0 Å². The Labute approximate surface area is 178 Å². The minimum atomic E-state index is 0.0153. The van der Waals surface area contributed by atoms with Gasteiger partial charge >= 0.3 is 0 Å². The Morgan fingerprint density at radius 2 is 1.93 bits per heavy atom. The number of aryl methyl sites for hydroxylation is 1. The Bertz CT molecular complexity index is 793. The summed E-state index contributed by atoms with van der Waals surface area (Å²) in [7, 11) is 0. The first-order valence-corrected chi connectivity index (χ1v) is 11.3. The molecule has 0 saturated carbocycles. The summed E-state index contributed by atoms with van der Waals surface area (Å²) in [5, 5.41) is 0.750. The van der Waals surface area contributed by atoms with Crippen molar-refractivity contribution in [3.05, 3.63) is 70.2 Å². The summed E-state index contributed by atoms with van der Waals surface area (Å²) in [4.78, 5) is 17.5. The lowest BCUT2D eigenvalue weighted by atomic mass is 10.1. The van der Waals surface area contributed by atoms with Crippen molar-refractivity contribution in [3.8, 4) is 0 Å². The number of hydrogen-bond acceptors (Lipinski definition) is 3. The summed E-state index contributed by atoms with van der Waals surface area (Å²) < 4.78 is 0. The van der Waals surface area contributed by atoms with Gasteiger partial charge in [0.1, 0.15) is 5.37 Å². The van der Waals surface area contributed by atoms with Crippen LogP contribution in [0.5, 0.6) is 0 Å². The zero-order valence-corrected chi connectivity index (χ0v) is 18.5. The molecule has 1 heterocycles. The molecule has 5 heteroatoms. The van der Waals surface area contributed by atoms with Gasteiger partial charge in [0.05, 0.1) is 6.54 Å². The molecule has 1 aliphatic rings. The van der Waals surface area contributed by atoms with Gasteiger partial charge < -0.3 is 4.90 Å². The summed E-state index contributed by atoms with van der Waals surface area (Å²) in [6, 6.07) is 16.4. The largest absolute Gasteiger partial charge is 0.325 e. The maximum absolute atomic E-state index is 13.2. The Morgan fingerprint density at radius 3 is 2.61 bits per heavy atom. The maximum atomic E-state index is 13.2. The number of thioether (sulfide) groups is 1. The lowest BCUT2D eigenvalue weighted by Gasteiger charge is -2.29. The van der Waals surface area contributed by atoms with E-state index in [9.17, 15) is 4.79 Å². The number of benzene rings is 2. The van der Waals surface area contributed by atoms with E-state index >= 15 is 0 Å². The van der Waals surface area contributed by atoms with Crippen LogP contribution < -0.4 is 0 Å². The molecule has 1 atom stereocenters. The molecule has 0 spiro atoms. The van der Waals surface area contributed by atoms with Gasteiger partial charge in [-0.05, 0) is 24.5 Å². The van der Waals surface area contributed by atoms with Crippen molar-refractivity contribution in [2.75, 3.05) is 25.4 Å². The van der Waals surface area contributed by atoms with Crippen molar-refractivity contribution in [2.45, 2.75) is 32.7 Å². The molecular weight excluding hydrogens is 388 g/mol. The van der Waals surface area contributed by atoms with Crippen LogP contribution in [0.15, 0.2) is 48.5 Å². The summed E-state index contributed by atoms with van der Waals surface area (Å²) in [6.45, 7) is 9.40. The minimum absolute atomic E-state index is 0.0153. The van der Waals surface area contributed by atoms with Crippen LogP contribution in [0, 0.1) is 12.8 Å². The van der Waals surface area contributed by atoms with Crippen molar-refractivity contribution in [1.82, 2.24) is 9.80 Å². The van der Waals surface area contributed by atoms with E-state index in [0.717, 1.165) is 36.0 Å². The van der Waals surface area contributed by atoms with Crippen LogP contribution in [0.1, 0.15) is 35.9 Å². The smallest absolute Gasteiger partial charge is 0.237 e. The van der Waals surface area contributed by atoms with E-state index in [1.165, 1.54) is 11.1 Å². The predicted molar refractivity (Wildman–Crippen MR) is 120 cm³/mol. The molecule has 2 aromatic carbocycles. The highest BCUT2D eigenvalue weighted by atomic mass is 35.5. The van der Waals surface area contributed by atoms with Crippen LogP contribution in [0.25, 0.3) is 0 Å². The van der Waals surface area contributed by atoms with E-state index in [2.05, 4.69) is 49.9 Å². The zero-order chi connectivity index (χ0) is 20.1. The van der Waals surface area contributed by atoms with Crippen molar-refractivity contribution in [2.24, 2.45) is 5.92 Å². The van der Waals surface area contributed by atoms with Gasteiger partial charge in [-0.25, -0.2) is 0 Å². The Balaban J connectivity index is 1.71. The molecule has 1 fully saturated rings. The second kappa shape index (κ2) is 9.82. The molecule has 150 valence electrons. The van der Waals surface area contributed by atoms with Gasteiger partial charge in [-0.3, -0.25) is 9.69 Å². The van der Waals surface area contributed by atoms with Gasteiger partial charge in [0.25, 0.3) is 0 Å². The number of rotatable bonds is 7. The van der Waals surface area contributed by atoms with Crippen molar-refractivity contribution >= 4 is 29.3 Å². The quantitative estimate of drug-likeness (QED) is 0.605. The predicted octanol–water partition coefficient (Wildman–Crippen LogP) is 5.38. The summed E-state index contributed by atoms with van der Waals surface area (Å²) in [5.74, 6) is 1.64. The van der Waals surface area contributed by atoms with E-state index < -0.39 is 0 Å². The maximum Gasteiger partial charge on any atom is 0.237 e. The number of halogens is 1. The average molecular weight is 417 g/mol. The third kappa shape index (κ3) is 5.53. The molecule has 0 bridgehead atoms. The topological polar surface area (TPSA) is 23.6 Å². The molecule has 3 nitrogen and oxygen atoms in total. The fourth-order valence-corrected chi connectivity index (χ4v) is 5.21. The third-order valence-corrected chi connectivity index (χ3v) is 6.48. The molecule has 0 aliphatic carbocycles. The monoisotopic (exact) mass is 416 g/mol. The molecule has 1 amide bonds. The SMILES string of the molecule is Cc1ccc(CN(CC(=O)N2CCSC2c2ccccc2Cl)CC(C)C)cc1. The van der Waals surface area contributed by atoms with Gasteiger partial charge in [-0.15, -0.1) is 11.8 Å². The second-order valence-electron chi connectivity index (χ2n) is 7.88. The molecule has 1 saturated heterocycles. The number of carbonyl (C=O) groups excluding carboxylic acids is 1. The average Bonchev–Trinajstić information content (AvgIpc) is 3.13. The summed E-state index contributed by atoms with van der Waals surface area (Å²) in [6.07, 6.45) is 0. The molecule has 0 N–H and O–H groups in total. The van der Waals surface area contributed by atoms with Gasteiger partial charge in [0.2, 0.25) is 5.91 Å². The number of nitrogens with zero attached hydrogens (tertiary/aromatic N) is 2. The van der Waals surface area contributed by atoms with Crippen LogP contribution in [0.2, 0.25) is 5.02 Å². The van der Waals surface area contributed by atoms with E-state index in [1.54, 1.807) is 11.8 Å². The molecular formula is C23H29ClN2OS. The normalized spacial score (nSPS) is 16.9. The van der Waals surface area contributed by atoms with E-state index in [0.29, 0.717) is 12.5 Å². The molecule has 3 rings (SSSR count).